The van der Waals surface area contributed by atoms with Crippen LogP contribution in [0.25, 0.3) is 10.2 Å². The molecule has 26 heavy (non-hydrogen) atoms. The highest BCUT2D eigenvalue weighted by Crippen LogP contribution is 2.24. The maximum Gasteiger partial charge on any atom is 0.251 e. The number of nitrogens with zero attached hydrogens (tertiary/aromatic N) is 3. The summed E-state index contributed by atoms with van der Waals surface area (Å²) in [4.78, 5) is 18.1. The van der Waals surface area contributed by atoms with E-state index in [1.807, 2.05) is 48.2 Å². The lowest BCUT2D eigenvalue weighted by atomic mass is 10.2. The number of nitrogens with one attached hydrogen (secondary N) is 1. The minimum Gasteiger partial charge on any atom is -0.350 e. The topological polar surface area (TPSA) is 59.8 Å². The van der Waals surface area contributed by atoms with Crippen molar-refractivity contribution in [3.63, 3.8) is 0 Å². The number of hydrogen-bond donors (Lipinski definition) is 1. The van der Waals surface area contributed by atoms with Crippen molar-refractivity contribution in [2.45, 2.75) is 19.9 Å². The van der Waals surface area contributed by atoms with Crippen LogP contribution in [0.5, 0.6) is 0 Å². The maximum atomic E-state index is 12.7. The summed E-state index contributed by atoms with van der Waals surface area (Å²) in [7, 11) is 0. The monoisotopic (exact) mass is 382 g/mol. The Bertz CT molecular complexity index is 1050. The summed E-state index contributed by atoms with van der Waals surface area (Å²) in [6.07, 6.45) is 0. The Balaban J connectivity index is 1.56. The minimum absolute atomic E-state index is 0.0141. The lowest BCUT2D eigenvalue weighted by molar-refractivity contribution is 0.0949. The predicted molar refractivity (Wildman–Crippen MR) is 106 cm³/mol. The third-order valence-electron chi connectivity index (χ3n) is 4.26. The summed E-state index contributed by atoms with van der Waals surface area (Å²) >= 11 is 3.21. The van der Waals surface area contributed by atoms with E-state index in [0.717, 1.165) is 21.6 Å². The predicted octanol–water partition coefficient (Wildman–Crippen LogP) is 4.19. The van der Waals surface area contributed by atoms with Gasteiger partial charge < -0.3 is 5.32 Å². The summed E-state index contributed by atoms with van der Waals surface area (Å²) in [5.41, 5.74) is 5.43. The number of hydrogen-bond acceptors (Lipinski definition) is 5. The zero-order chi connectivity index (χ0) is 18.1. The summed E-state index contributed by atoms with van der Waals surface area (Å²) in [6.45, 7) is 4.51. The number of thiazole rings is 1. The van der Waals surface area contributed by atoms with E-state index in [1.165, 1.54) is 16.2 Å². The Hall–Kier alpha value is -2.51. The van der Waals surface area contributed by atoms with Gasteiger partial charge in [-0.3, -0.25) is 9.48 Å². The first-order valence-corrected chi connectivity index (χ1v) is 10.1. The highest BCUT2D eigenvalue weighted by atomic mass is 32.1. The van der Waals surface area contributed by atoms with E-state index in [4.69, 9.17) is 0 Å². The van der Waals surface area contributed by atoms with Gasteiger partial charge in [0.2, 0.25) is 0 Å². The van der Waals surface area contributed by atoms with Gasteiger partial charge in [-0.05, 0) is 49.6 Å². The number of carbonyl (C=O) groups is 1. The second kappa shape index (κ2) is 7.01. The van der Waals surface area contributed by atoms with Crippen LogP contribution in [-0.2, 0) is 0 Å². The smallest absolute Gasteiger partial charge is 0.251 e. The van der Waals surface area contributed by atoms with Crippen molar-refractivity contribution in [1.29, 1.82) is 0 Å². The molecule has 7 heteroatoms. The fourth-order valence-corrected chi connectivity index (χ4v) is 4.57. The van der Waals surface area contributed by atoms with E-state index in [2.05, 4.69) is 27.5 Å². The van der Waals surface area contributed by atoms with Gasteiger partial charge in [0.15, 0.2) is 0 Å². The first-order chi connectivity index (χ1) is 12.6. The first-order valence-electron chi connectivity index (χ1n) is 8.29. The standard InChI is InChI=1S/C19H18N4OS2/c1-12-8-13(2)23(22-12)16(17-4-3-7-25-17)10-20-19(24)14-5-6-15-18(9-14)26-11-21-15/h3-9,11,16H,10H2,1-2H3,(H,20,24). The van der Waals surface area contributed by atoms with E-state index in [1.54, 1.807) is 16.8 Å². The average molecular weight is 383 g/mol. The summed E-state index contributed by atoms with van der Waals surface area (Å²) in [5.74, 6) is -0.0802. The van der Waals surface area contributed by atoms with E-state index in [-0.39, 0.29) is 11.9 Å². The number of fused-ring (bicyclic) bond motifs is 1. The van der Waals surface area contributed by atoms with Crippen LogP contribution in [0.4, 0.5) is 0 Å². The zero-order valence-electron chi connectivity index (χ0n) is 14.5. The second-order valence-electron chi connectivity index (χ2n) is 6.15. The minimum atomic E-state index is -0.0802. The summed E-state index contributed by atoms with van der Waals surface area (Å²) in [5, 5.41) is 9.74. The molecule has 3 heterocycles. The van der Waals surface area contributed by atoms with Gasteiger partial charge in [-0.1, -0.05) is 6.07 Å². The fourth-order valence-electron chi connectivity index (χ4n) is 3.04. The van der Waals surface area contributed by atoms with E-state index >= 15 is 0 Å². The molecule has 1 unspecified atom stereocenters. The number of rotatable bonds is 5. The molecule has 4 rings (SSSR count). The Kier molecular flexibility index (Phi) is 4.57. The Morgan fingerprint density at radius 1 is 1.23 bits per heavy atom. The van der Waals surface area contributed by atoms with Crippen LogP contribution in [0.1, 0.15) is 32.7 Å². The van der Waals surface area contributed by atoms with Crippen molar-refractivity contribution >= 4 is 38.8 Å². The van der Waals surface area contributed by atoms with E-state index in [0.29, 0.717) is 12.1 Å². The molecule has 5 nitrogen and oxygen atoms in total. The van der Waals surface area contributed by atoms with Crippen molar-refractivity contribution in [3.05, 3.63) is 69.1 Å². The van der Waals surface area contributed by atoms with Gasteiger partial charge >= 0.3 is 0 Å². The molecule has 1 amide bonds. The normalized spacial score (nSPS) is 12.4. The number of benzene rings is 1. The molecule has 0 aliphatic heterocycles. The quantitative estimate of drug-likeness (QED) is 0.563. The van der Waals surface area contributed by atoms with E-state index < -0.39 is 0 Å². The Labute approximate surface area is 159 Å². The molecule has 1 aromatic carbocycles. The molecular weight excluding hydrogens is 364 g/mol. The van der Waals surface area contributed by atoms with Gasteiger partial charge in [-0.15, -0.1) is 22.7 Å². The zero-order valence-corrected chi connectivity index (χ0v) is 16.1. The van der Waals surface area contributed by atoms with E-state index in [9.17, 15) is 4.79 Å². The molecule has 0 saturated heterocycles. The highest BCUT2D eigenvalue weighted by molar-refractivity contribution is 7.16. The molecule has 0 aliphatic rings. The van der Waals surface area contributed by atoms with Gasteiger partial charge in [0.05, 0.1) is 21.4 Å². The average Bonchev–Trinajstić information content (AvgIpc) is 3.36. The molecular formula is C19H18N4OS2. The first kappa shape index (κ1) is 16.9. The summed E-state index contributed by atoms with van der Waals surface area (Å²) in [6, 6.07) is 11.8. The molecule has 0 spiro atoms. The Morgan fingerprint density at radius 2 is 2.12 bits per heavy atom. The molecule has 3 aromatic heterocycles. The van der Waals surface area contributed by atoms with Crippen molar-refractivity contribution in [2.24, 2.45) is 0 Å². The Morgan fingerprint density at radius 3 is 2.85 bits per heavy atom. The second-order valence-corrected chi connectivity index (χ2v) is 8.01. The lowest BCUT2D eigenvalue weighted by Crippen LogP contribution is -2.31. The van der Waals surface area contributed by atoms with Crippen LogP contribution in [0.3, 0.4) is 0 Å². The maximum absolute atomic E-state index is 12.7. The van der Waals surface area contributed by atoms with Crippen molar-refractivity contribution < 1.29 is 4.79 Å². The molecule has 0 radical (unpaired) electrons. The summed E-state index contributed by atoms with van der Waals surface area (Å²) < 4.78 is 3.01. The molecule has 132 valence electrons. The van der Waals surface area contributed by atoms with Crippen LogP contribution in [0, 0.1) is 13.8 Å². The van der Waals surface area contributed by atoms with Gasteiger partial charge in [-0.2, -0.15) is 5.10 Å². The van der Waals surface area contributed by atoms with Crippen LogP contribution >= 0.6 is 22.7 Å². The van der Waals surface area contributed by atoms with Gasteiger partial charge in [0, 0.05) is 22.7 Å². The van der Waals surface area contributed by atoms with Crippen LogP contribution in [-0.4, -0.2) is 27.2 Å². The number of thiophene rings is 1. The van der Waals surface area contributed by atoms with Crippen molar-refractivity contribution in [3.8, 4) is 0 Å². The number of aromatic nitrogens is 3. The van der Waals surface area contributed by atoms with Gasteiger partial charge in [0.25, 0.3) is 5.91 Å². The number of carbonyl (C=O) groups excluding carboxylic acids is 1. The third kappa shape index (κ3) is 3.27. The van der Waals surface area contributed by atoms with Crippen molar-refractivity contribution in [1.82, 2.24) is 20.1 Å². The number of amides is 1. The van der Waals surface area contributed by atoms with Crippen LogP contribution in [0.15, 0.2) is 47.3 Å². The van der Waals surface area contributed by atoms with Crippen LogP contribution in [0.2, 0.25) is 0 Å². The van der Waals surface area contributed by atoms with Gasteiger partial charge in [0.1, 0.15) is 6.04 Å². The molecule has 0 fully saturated rings. The molecule has 0 aliphatic carbocycles. The van der Waals surface area contributed by atoms with Crippen LogP contribution < -0.4 is 5.32 Å². The lowest BCUT2D eigenvalue weighted by Gasteiger charge is -2.19. The van der Waals surface area contributed by atoms with Gasteiger partial charge in [-0.25, -0.2) is 4.98 Å². The molecule has 4 aromatic rings. The van der Waals surface area contributed by atoms with Crippen molar-refractivity contribution in [2.75, 3.05) is 6.54 Å². The fraction of sp³-hybridized carbons (Fsp3) is 0.211. The largest absolute Gasteiger partial charge is 0.350 e. The SMILES string of the molecule is Cc1cc(C)n(C(CNC(=O)c2ccc3ncsc3c2)c2cccs2)n1. The molecule has 1 N–H and O–H groups in total. The third-order valence-corrected chi connectivity index (χ3v) is 6.03. The molecule has 1 atom stereocenters. The molecule has 0 bridgehead atoms. The molecule has 0 saturated carbocycles. The number of aryl methyl sites for hydroxylation is 2. The highest BCUT2D eigenvalue weighted by Gasteiger charge is 2.19.